The van der Waals surface area contributed by atoms with Gasteiger partial charge in [0, 0.05) is 57.6 Å². The van der Waals surface area contributed by atoms with Crippen LogP contribution in [0.3, 0.4) is 0 Å². The van der Waals surface area contributed by atoms with Crippen LogP contribution in [0.2, 0.25) is 0 Å². The molecule has 2 unspecified atom stereocenters. The molecule has 2 saturated heterocycles. The average Bonchev–Trinajstić information content (AvgIpc) is 3.03. The minimum Gasteiger partial charge on any atom is -0.373 e. The smallest absolute Gasteiger partial charge is 0.282 e. The molecule has 8 nitrogen and oxygen atoms in total. The van der Waals surface area contributed by atoms with Gasteiger partial charge in [-0.1, -0.05) is 0 Å². The van der Waals surface area contributed by atoms with Crippen LogP contribution in [-0.4, -0.2) is 83.2 Å². The van der Waals surface area contributed by atoms with Gasteiger partial charge in [-0.3, -0.25) is 9.58 Å². The molecule has 1 aromatic heterocycles. The van der Waals surface area contributed by atoms with Crippen LogP contribution in [0, 0.1) is 0 Å². The second-order valence-electron chi connectivity index (χ2n) is 8.72. The van der Waals surface area contributed by atoms with E-state index in [0.717, 1.165) is 25.2 Å². The Morgan fingerprint density at radius 1 is 1.07 bits per heavy atom. The SMILES string of the molecule is CC1CN(S(=O)(=O)N2CCN(Cc3cnn(C(C)(C)C)c3)CC2)CC(C)O1. The second-order valence-corrected chi connectivity index (χ2v) is 10.6. The Kier molecular flexibility index (Phi) is 5.98. The summed E-state index contributed by atoms with van der Waals surface area (Å²) in [5.74, 6) is 0. The van der Waals surface area contributed by atoms with Crippen LogP contribution in [0.15, 0.2) is 12.4 Å². The van der Waals surface area contributed by atoms with E-state index in [1.165, 1.54) is 0 Å². The highest BCUT2D eigenvalue weighted by molar-refractivity contribution is 7.86. The monoisotopic (exact) mass is 399 g/mol. The molecule has 9 heteroatoms. The lowest BCUT2D eigenvalue weighted by molar-refractivity contribution is -0.0457. The Labute approximate surface area is 163 Å². The van der Waals surface area contributed by atoms with E-state index >= 15 is 0 Å². The summed E-state index contributed by atoms with van der Waals surface area (Å²) in [4.78, 5) is 2.29. The van der Waals surface area contributed by atoms with Crippen molar-refractivity contribution in [2.24, 2.45) is 0 Å². The molecule has 0 amide bonds. The van der Waals surface area contributed by atoms with Crippen molar-refractivity contribution in [2.45, 2.75) is 58.9 Å². The summed E-state index contributed by atoms with van der Waals surface area (Å²) in [6.07, 6.45) is 3.86. The van der Waals surface area contributed by atoms with Gasteiger partial charge in [0.2, 0.25) is 0 Å². The van der Waals surface area contributed by atoms with Gasteiger partial charge in [0.1, 0.15) is 0 Å². The standard InChI is InChI=1S/C18H33N5O3S/c1-15-11-22(12-16(2)26-15)27(24,25)21-8-6-20(7-9-21)13-17-10-19-23(14-17)18(3,4)5/h10,14-16H,6-9,11-13H2,1-5H3. The summed E-state index contributed by atoms with van der Waals surface area (Å²) in [5, 5.41) is 4.45. The molecule has 0 aliphatic carbocycles. The topological polar surface area (TPSA) is 70.9 Å². The summed E-state index contributed by atoms with van der Waals surface area (Å²) < 4.78 is 36.8. The molecule has 0 radical (unpaired) electrons. The van der Waals surface area contributed by atoms with E-state index in [2.05, 4.69) is 37.0 Å². The van der Waals surface area contributed by atoms with Crippen LogP contribution in [0.1, 0.15) is 40.2 Å². The van der Waals surface area contributed by atoms with E-state index in [1.54, 1.807) is 8.61 Å². The van der Waals surface area contributed by atoms with Crippen molar-refractivity contribution in [1.29, 1.82) is 0 Å². The van der Waals surface area contributed by atoms with Gasteiger partial charge in [0.25, 0.3) is 10.2 Å². The first-order valence-corrected chi connectivity index (χ1v) is 11.1. The van der Waals surface area contributed by atoms with E-state index < -0.39 is 10.2 Å². The summed E-state index contributed by atoms with van der Waals surface area (Å²) >= 11 is 0. The number of piperazine rings is 1. The van der Waals surface area contributed by atoms with Gasteiger partial charge in [0.15, 0.2) is 0 Å². The predicted octanol–water partition coefficient (Wildman–Crippen LogP) is 1.11. The van der Waals surface area contributed by atoms with Gasteiger partial charge in [-0.05, 0) is 34.6 Å². The number of ether oxygens (including phenoxy) is 1. The minimum atomic E-state index is -3.42. The number of nitrogens with zero attached hydrogens (tertiary/aromatic N) is 5. The Morgan fingerprint density at radius 3 is 2.19 bits per heavy atom. The van der Waals surface area contributed by atoms with Gasteiger partial charge in [-0.2, -0.15) is 22.1 Å². The van der Waals surface area contributed by atoms with Gasteiger partial charge < -0.3 is 4.74 Å². The highest BCUT2D eigenvalue weighted by Crippen LogP contribution is 2.20. The first kappa shape index (κ1) is 20.7. The quantitative estimate of drug-likeness (QED) is 0.759. The summed E-state index contributed by atoms with van der Waals surface area (Å²) in [6, 6.07) is 0. The zero-order valence-corrected chi connectivity index (χ0v) is 17.9. The van der Waals surface area contributed by atoms with Crippen LogP contribution >= 0.6 is 0 Å². The van der Waals surface area contributed by atoms with Crippen molar-refractivity contribution in [1.82, 2.24) is 23.3 Å². The lowest BCUT2D eigenvalue weighted by Crippen LogP contribution is -2.56. The van der Waals surface area contributed by atoms with E-state index in [4.69, 9.17) is 4.74 Å². The maximum Gasteiger partial charge on any atom is 0.282 e. The van der Waals surface area contributed by atoms with Gasteiger partial charge in [-0.15, -0.1) is 0 Å². The highest BCUT2D eigenvalue weighted by atomic mass is 32.2. The molecule has 0 aromatic carbocycles. The molecule has 3 heterocycles. The predicted molar refractivity (Wildman–Crippen MR) is 105 cm³/mol. The van der Waals surface area contributed by atoms with E-state index in [0.29, 0.717) is 26.2 Å². The molecule has 2 fully saturated rings. The lowest BCUT2D eigenvalue weighted by Gasteiger charge is -2.40. The van der Waals surface area contributed by atoms with Crippen LogP contribution in [0.4, 0.5) is 0 Å². The van der Waals surface area contributed by atoms with Crippen molar-refractivity contribution in [3.05, 3.63) is 18.0 Å². The van der Waals surface area contributed by atoms with Crippen molar-refractivity contribution in [3.63, 3.8) is 0 Å². The Morgan fingerprint density at radius 2 is 1.67 bits per heavy atom. The highest BCUT2D eigenvalue weighted by Gasteiger charge is 2.36. The molecule has 154 valence electrons. The fourth-order valence-electron chi connectivity index (χ4n) is 3.67. The number of hydrogen-bond donors (Lipinski definition) is 0. The molecule has 0 saturated carbocycles. The molecule has 1 aromatic rings. The molecule has 0 N–H and O–H groups in total. The fraction of sp³-hybridized carbons (Fsp3) is 0.833. The maximum atomic E-state index is 13.0. The normalized spacial score (nSPS) is 27.1. The third-order valence-electron chi connectivity index (χ3n) is 5.10. The van der Waals surface area contributed by atoms with Crippen LogP contribution in [0.5, 0.6) is 0 Å². The average molecular weight is 400 g/mol. The Bertz CT molecular complexity index is 724. The number of rotatable bonds is 4. The van der Waals surface area contributed by atoms with Crippen molar-refractivity contribution < 1.29 is 13.2 Å². The van der Waals surface area contributed by atoms with E-state index in [1.807, 2.05) is 24.7 Å². The molecule has 2 atom stereocenters. The van der Waals surface area contributed by atoms with E-state index in [9.17, 15) is 8.42 Å². The van der Waals surface area contributed by atoms with Gasteiger partial charge in [0.05, 0.1) is 23.9 Å². The number of hydrogen-bond acceptors (Lipinski definition) is 5. The van der Waals surface area contributed by atoms with Crippen LogP contribution in [0.25, 0.3) is 0 Å². The molecule has 27 heavy (non-hydrogen) atoms. The largest absolute Gasteiger partial charge is 0.373 e. The Hall–Kier alpha value is -1.00. The third kappa shape index (κ3) is 4.89. The zero-order valence-electron chi connectivity index (χ0n) is 17.1. The van der Waals surface area contributed by atoms with Crippen molar-refractivity contribution in [3.8, 4) is 0 Å². The summed E-state index contributed by atoms with van der Waals surface area (Å²) in [7, 11) is -3.42. The minimum absolute atomic E-state index is 0.0303. The lowest BCUT2D eigenvalue weighted by atomic mass is 10.1. The molecule has 3 rings (SSSR count). The zero-order chi connectivity index (χ0) is 19.8. The molecule has 2 aliphatic heterocycles. The Balaban J connectivity index is 1.56. The molecular formula is C18H33N5O3S. The van der Waals surface area contributed by atoms with Crippen LogP contribution < -0.4 is 0 Å². The molecule has 0 spiro atoms. The fourth-order valence-corrected chi connectivity index (χ4v) is 5.42. The molecular weight excluding hydrogens is 366 g/mol. The first-order valence-electron chi connectivity index (χ1n) is 9.73. The second kappa shape index (κ2) is 7.79. The van der Waals surface area contributed by atoms with E-state index in [-0.39, 0.29) is 17.7 Å². The maximum absolute atomic E-state index is 13.0. The van der Waals surface area contributed by atoms with Gasteiger partial charge >= 0.3 is 0 Å². The summed E-state index contributed by atoms with van der Waals surface area (Å²) in [5.41, 5.74) is 1.13. The molecule has 2 aliphatic rings. The number of aromatic nitrogens is 2. The van der Waals surface area contributed by atoms with Crippen molar-refractivity contribution in [2.75, 3.05) is 39.3 Å². The van der Waals surface area contributed by atoms with Crippen molar-refractivity contribution >= 4 is 10.2 Å². The first-order chi connectivity index (χ1) is 12.6. The third-order valence-corrected chi connectivity index (χ3v) is 7.07. The summed E-state index contributed by atoms with van der Waals surface area (Å²) in [6.45, 7) is 14.4. The van der Waals surface area contributed by atoms with Crippen LogP contribution in [-0.2, 0) is 27.0 Å². The number of morpholine rings is 1. The molecule has 0 bridgehead atoms. The van der Waals surface area contributed by atoms with Gasteiger partial charge in [-0.25, -0.2) is 0 Å².